The van der Waals surface area contributed by atoms with Crippen molar-refractivity contribution in [2.24, 2.45) is 5.92 Å². The third-order valence-corrected chi connectivity index (χ3v) is 6.14. The second kappa shape index (κ2) is 8.96. The number of ether oxygens (including phenoxy) is 1. The van der Waals surface area contributed by atoms with Crippen molar-refractivity contribution < 1.29 is 19.3 Å². The van der Waals surface area contributed by atoms with E-state index < -0.39 is 11.0 Å². The fraction of sp³-hybridized carbons (Fsp3) is 0.148. The molecule has 0 aromatic heterocycles. The van der Waals surface area contributed by atoms with Crippen molar-refractivity contribution in [3.63, 3.8) is 0 Å². The number of ketones is 1. The number of hydrogen-bond donors (Lipinski definition) is 0. The Bertz CT molecular complexity index is 1270. The van der Waals surface area contributed by atoms with Gasteiger partial charge in [-0.15, -0.1) is 0 Å². The Morgan fingerprint density at radius 2 is 1.74 bits per heavy atom. The molecule has 3 aromatic carbocycles. The lowest BCUT2D eigenvalue weighted by atomic mass is 9.86. The second-order valence-corrected chi connectivity index (χ2v) is 8.15. The molecule has 7 nitrogen and oxygen atoms in total. The summed E-state index contributed by atoms with van der Waals surface area (Å²) in [6.45, 7) is 0. The summed E-state index contributed by atoms with van der Waals surface area (Å²) in [5.74, 6) is 0.383. The van der Waals surface area contributed by atoms with Gasteiger partial charge < -0.3 is 4.74 Å². The third-order valence-electron chi connectivity index (χ3n) is 6.14. The van der Waals surface area contributed by atoms with Crippen LogP contribution in [-0.2, 0) is 4.84 Å². The molecular weight excluding hydrogens is 432 g/mol. The van der Waals surface area contributed by atoms with Gasteiger partial charge in [0.15, 0.2) is 5.78 Å². The van der Waals surface area contributed by atoms with Gasteiger partial charge in [0.2, 0.25) is 0 Å². The zero-order chi connectivity index (χ0) is 23.7. The van der Waals surface area contributed by atoms with Crippen molar-refractivity contribution in [2.75, 3.05) is 12.2 Å². The number of anilines is 1. The van der Waals surface area contributed by atoms with Gasteiger partial charge in [-0.3, -0.25) is 19.7 Å². The summed E-state index contributed by atoms with van der Waals surface area (Å²) in [6, 6.07) is 22.3. The second-order valence-electron chi connectivity index (χ2n) is 8.15. The highest BCUT2D eigenvalue weighted by Gasteiger charge is 2.50. The number of non-ortho nitro benzene ring substituents is 1. The molecule has 1 saturated heterocycles. The zero-order valence-electron chi connectivity index (χ0n) is 18.4. The lowest BCUT2D eigenvalue weighted by Gasteiger charge is -2.26. The molecule has 170 valence electrons. The van der Waals surface area contributed by atoms with Crippen LogP contribution in [0.2, 0.25) is 0 Å². The standard InChI is InChI=1S/C27H22N2O5/c1-33-23-14-7-18(8-15-23)17-20-11-16-24-25(20)26(28(34-24)21-5-3-2-4-6-21)27(30)19-9-12-22(13-10-19)29(31)32/h2-17,24-26H,1H3/t24-,25+,26+/m1/s1. The number of hydroxylamine groups is 1. The minimum atomic E-state index is -0.631. The molecule has 34 heavy (non-hydrogen) atoms. The van der Waals surface area contributed by atoms with Gasteiger partial charge in [-0.25, -0.2) is 5.06 Å². The van der Waals surface area contributed by atoms with E-state index in [-0.39, 0.29) is 23.5 Å². The summed E-state index contributed by atoms with van der Waals surface area (Å²) in [4.78, 5) is 30.6. The number of benzene rings is 3. The third kappa shape index (κ3) is 3.97. The molecule has 0 bridgehead atoms. The van der Waals surface area contributed by atoms with E-state index in [2.05, 4.69) is 6.08 Å². The van der Waals surface area contributed by atoms with Crippen LogP contribution in [0.1, 0.15) is 15.9 Å². The Kier molecular flexibility index (Phi) is 5.69. The van der Waals surface area contributed by atoms with Crippen LogP contribution in [0.4, 0.5) is 11.4 Å². The van der Waals surface area contributed by atoms with E-state index >= 15 is 0 Å². The van der Waals surface area contributed by atoms with E-state index in [1.54, 1.807) is 12.2 Å². The number of hydrogen-bond acceptors (Lipinski definition) is 6. The number of allylic oxidation sites excluding steroid dienone is 1. The first-order valence-electron chi connectivity index (χ1n) is 10.9. The van der Waals surface area contributed by atoms with Crippen LogP contribution >= 0.6 is 0 Å². The number of nitro groups is 1. The van der Waals surface area contributed by atoms with Gasteiger partial charge in [-0.05, 0) is 47.5 Å². The number of methoxy groups -OCH3 is 1. The molecule has 3 aromatic rings. The Morgan fingerprint density at radius 1 is 1.03 bits per heavy atom. The molecule has 7 heteroatoms. The number of fused-ring (bicyclic) bond motifs is 1. The van der Waals surface area contributed by atoms with Crippen LogP contribution in [0.3, 0.4) is 0 Å². The van der Waals surface area contributed by atoms with Crippen molar-refractivity contribution in [1.29, 1.82) is 0 Å². The van der Waals surface area contributed by atoms with E-state index in [1.807, 2.05) is 66.7 Å². The molecule has 1 aliphatic heterocycles. The molecule has 5 rings (SSSR count). The zero-order valence-corrected chi connectivity index (χ0v) is 18.4. The minimum absolute atomic E-state index is 0.0559. The van der Waals surface area contributed by atoms with Crippen LogP contribution < -0.4 is 9.80 Å². The van der Waals surface area contributed by atoms with Crippen molar-refractivity contribution in [3.05, 3.63) is 118 Å². The number of carbonyl (C=O) groups excluding carboxylic acids is 1. The predicted molar refractivity (Wildman–Crippen MR) is 129 cm³/mol. The molecule has 1 fully saturated rings. The molecule has 0 amide bonds. The van der Waals surface area contributed by atoms with E-state index in [9.17, 15) is 14.9 Å². The first-order chi connectivity index (χ1) is 16.5. The normalized spacial score (nSPS) is 22.1. The monoisotopic (exact) mass is 454 g/mol. The van der Waals surface area contributed by atoms with Gasteiger partial charge in [0.1, 0.15) is 17.9 Å². The lowest BCUT2D eigenvalue weighted by molar-refractivity contribution is -0.384. The average molecular weight is 454 g/mol. The van der Waals surface area contributed by atoms with Gasteiger partial charge in [0.25, 0.3) is 5.69 Å². The Labute approximate surface area is 196 Å². The fourth-order valence-corrected chi connectivity index (χ4v) is 4.45. The summed E-state index contributed by atoms with van der Waals surface area (Å²) >= 11 is 0. The molecule has 2 aliphatic rings. The first-order valence-corrected chi connectivity index (χ1v) is 10.9. The van der Waals surface area contributed by atoms with Crippen LogP contribution in [0.5, 0.6) is 5.75 Å². The molecule has 0 N–H and O–H groups in total. The highest BCUT2D eigenvalue weighted by Crippen LogP contribution is 2.43. The first kappa shape index (κ1) is 21.6. The maximum Gasteiger partial charge on any atom is 0.269 e. The summed E-state index contributed by atoms with van der Waals surface area (Å²) in [6.07, 6.45) is 5.72. The smallest absolute Gasteiger partial charge is 0.269 e. The molecule has 0 spiro atoms. The summed E-state index contributed by atoms with van der Waals surface area (Å²) < 4.78 is 5.24. The van der Waals surface area contributed by atoms with Crippen LogP contribution in [0.25, 0.3) is 6.08 Å². The number of nitro benzene ring substituents is 1. The molecule has 0 radical (unpaired) electrons. The molecule has 1 heterocycles. The van der Waals surface area contributed by atoms with E-state index in [0.717, 1.165) is 22.6 Å². The Morgan fingerprint density at radius 3 is 2.38 bits per heavy atom. The maximum atomic E-state index is 13.8. The minimum Gasteiger partial charge on any atom is -0.497 e. The van der Waals surface area contributed by atoms with Gasteiger partial charge >= 0.3 is 0 Å². The largest absolute Gasteiger partial charge is 0.497 e. The van der Waals surface area contributed by atoms with Crippen LogP contribution in [0.15, 0.2) is 96.6 Å². The number of rotatable bonds is 6. The molecule has 1 aliphatic carbocycles. The molecule has 0 unspecified atom stereocenters. The number of carbonyl (C=O) groups is 1. The maximum absolute atomic E-state index is 13.8. The van der Waals surface area contributed by atoms with Gasteiger partial charge in [0.05, 0.1) is 17.7 Å². The van der Waals surface area contributed by atoms with Crippen LogP contribution in [0, 0.1) is 16.0 Å². The van der Waals surface area contributed by atoms with E-state index in [0.29, 0.717) is 5.56 Å². The van der Waals surface area contributed by atoms with Crippen LogP contribution in [-0.4, -0.2) is 30.0 Å². The van der Waals surface area contributed by atoms with Gasteiger partial charge in [0, 0.05) is 23.6 Å². The predicted octanol–water partition coefficient (Wildman–Crippen LogP) is 5.24. The van der Waals surface area contributed by atoms with Crippen molar-refractivity contribution in [1.82, 2.24) is 0 Å². The van der Waals surface area contributed by atoms with Crippen molar-refractivity contribution in [3.8, 4) is 5.75 Å². The quantitative estimate of drug-likeness (QED) is 0.288. The Hall–Kier alpha value is -4.23. The Balaban J connectivity index is 1.53. The topological polar surface area (TPSA) is 81.9 Å². The summed E-state index contributed by atoms with van der Waals surface area (Å²) in [7, 11) is 1.63. The van der Waals surface area contributed by atoms with E-state index in [4.69, 9.17) is 9.57 Å². The number of nitrogens with zero attached hydrogens (tertiary/aromatic N) is 2. The van der Waals surface area contributed by atoms with Crippen molar-refractivity contribution >= 4 is 23.2 Å². The highest BCUT2D eigenvalue weighted by molar-refractivity contribution is 6.03. The van der Waals surface area contributed by atoms with Crippen molar-refractivity contribution in [2.45, 2.75) is 12.1 Å². The summed E-state index contributed by atoms with van der Waals surface area (Å²) in [5.41, 5.74) is 3.08. The number of para-hydroxylation sites is 1. The lowest BCUT2D eigenvalue weighted by Crippen LogP contribution is -2.40. The van der Waals surface area contributed by atoms with E-state index in [1.165, 1.54) is 24.3 Å². The summed E-state index contributed by atoms with van der Waals surface area (Å²) in [5, 5.41) is 12.7. The molecule has 0 saturated carbocycles. The fourth-order valence-electron chi connectivity index (χ4n) is 4.45. The number of Topliss-reactive ketones (excluding diaryl/α,β-unsaturated/α-hetero) is 1. The molecule has 3 atom stereocenters. The highest BCUT2D eigenvalue weighted by atomic mass is 16.7. The molecular formula is C27H22N2O5. The van der Waals surface area contributed by atoms with Gasteiger partial charge in [-0.2, -0.15) is 0 Å². The SMILES string of the molecule is COc1ccc(C=C2C=C[C@H]3ON(c4ccccc4)[C@H](C(=O)c4ccc([N+](=O)[O-])cc4)[C@@H]23)cc1. The average Bonchev–Trinajstić information content (AvgIpc) is 3.44. The van der Waals surface area contributed by atoms with Gasteiger partial charge in [-0.1, -0.05) is 48.6 Å².